The molecule has 21 heavy (non-hydrogen) atoms. The fraction of sp³-hybridized carbons (Fsp3) is 0.467. The van der Waals surface area contributed by atoms with Gasteiger partial charge in [0, 0.05) is 17.9 Å². The molecule has 0 spiro atoms. The molecule has 6 heteroatoms. The maximum atomic E-state index is 11.9. The zero-order valence-corrected chi connectivity index (χ0v) is 14.4. The van der Waals surface area contributed by atoms with Gasteiger partial charge in [0.2, 0.25) is 0 Å². The molecule has 1 aromatic carbocycles. The van der Waals surface area contributed by atoms with Crippen LogP contribution < -0.4 is 16.2 Å². The highest BCUT2D eigenvalue weighted by Gasteiger charge is 2.05. The zero-order chi connectivity index (χ0) is 15.7. The third-order valence-electron chi connectivity index (χ3n) is 2.82. The third-order valence-corrected chi connectivity index (χ3v) is 3.69. The topological polar surface area (TPSA) is 53.2 Å². The van der Waals surface area contributed by atoms with Crippen molar-refractivity contribution in [2.45, 2.75) is 26.0 Å². The molecule has 4 nitrogen and oxygen atoms in total. The zero-order valence-electron chi connectivity index (χ0n) is 12.7. The Morgan fingerprint density at radius 1 is 1.24 bits per heavy atom. The van der Waals surface area contributed by atoms with Crippen LogP contribution >= 0.6 is 24.0 Å². The summed E-state index contributed by atoms with van der Waals surface area (Å²) in [6.07, 6.45) is 3.09. The van der Waals surface area contributed by atoms with E-state index in [1.54, 1.807) is 11.8 Å². The summed E-state index contributed by atoms with van der Waals surface area (Å²) >= 11 is 6.84. The highest BCUT2D eigenvalue weighted by atomic mass is 32.2. The lowest BCUT2D eigenvalue weighted by atomic mass is 10.1. The Hall–Kier alpha value is -1.27. The molecule has 1 amide bonds. The van der Waals surface area contributed by atoms with Gasteiger partial charge in [0.05, 0.1) is 0 Å². The maximum absolute atomic E-state index is 11.9. The van der Waals surface area contributed by atoms with Gasteiger partial charge in [0.15, 0.2) is 5.11 Å². The van der Waals surface area contributed by atoms with Gasteiger partial charge in [-0.1, -0.05) is 26.0 Å². The van der Waals surface area contributed by atoms with Crippen LogP contribution in [0.25, 0.3) is 0 Å². The van der Waals surface area contributed by atoms with Crippen LogP contribution in [0.3, 0.4) is 0 Å². The van der Waals surface area contributed by atoms with Gasteiger partial charge in [0.25, 0.3) is 5.91 Å². The molecule has 116 valence electrons. The standard InChI is InChI=1S/C15H23N3OS2/c1-11(2)8-9-16-15(20)18-17-14(19)13-6-4-12(5-7-13)10-21-3/h4-7,11H,8-10H2,1-3H3,(H,17,19)(H2,16,18,20). The van der Waals surface area contributed by atoms with Crippen molar-refractivity contribution in [2.75, 3.05) is 12.8 Å². The summed E-state index contributed by atoms with van der Waals surface area (Å²) < 4.78 is 0. The molecule has 1 aromatic rings. The quantitative estimate of drug-likeness (QED) is 0.555. The summed E-state index contributed by atoms with van der Waals surface area (Å²) in [6, 6.07) is 7.56. The average molecular weight is 326 g/mol. The highest BCUT2D eigenvalue weighted by molar-refractivity contribution is 7.97. The van der Waals surface area contributed by atoms with Crippen molar-refractivity contribution in [3.63, 3.8) is 0 Å². The van der Waals surface area contributed by atoms with E-state index in [9.17, 15) is 4.79 Å². The second kappa shape index (κ2) is 9.63. The van der Waals surface area contributed by atoms with Gasteiger partial charge in [-0.15, -0.1) is 0 Å². The average Bonchev–Trinajstić information content (AvgIpc) is 2.45. The predicted molar refractivity (Wildman–Crippen MR) is 94.3 cm³/mol. The van der Waals surface area contributed by atoms with Crippen LogP contribution in [-0.2, 0) is 5.75 Å². The normalized spacial score (nSPS) is 10.3. The first-order chi connectivity index (χ1) is 10.0. The number of hydrogen-bond donors (Lipinski definition) is 3. The second-order valence-corrected chi connectivity index (χ2v) is 6.42. The van der Waals surface area contributed by atoms with E-state index in [-0.39, 0.29) is 5.91 Å². The minimum atomic E-state index is -0.196. The van der Waals surface area contributed by atoms with E-state index < -0.39 is 0 Å². The van der Waals surface area contributed by atoms with Crippen molar-refractivity contribution in [3.8, 4) is 0 Å². The molecule has 0 fully saturated rings. The summed E-state index contributed by atoms with van der Waals surface area (Å²) in [5.41, 5.74) is 7.12. The summed E-state index contributed by atoms with van der Waals surface area (Å²) in [5.74, 6) is 1.37. The minimum Gasteiger partial charge on any atom is -0.361 e. The second-order valence-electron chi connectivity index (χ2n) is 5.15. The number of nitrogens with one attached hydrogen (secondary N) is 3. The van der Waals surface area contributed by atoms with Crippen LogP contribution in [0.5, 0.6) is 0 Å². The molecule has 0 unspecified atom stereocenters. The van der Waals surface area contributed by atoms with E-state index in [1.165, 1.54) is 5.56 Å². The van der Waals surface area contributed by atoms with Crippen molar-refractivity contribution >= 4 is 35.0 Å². The predicted octanol–water partition coefficient (Wildman–Crippen LogP) is 2.70. The van der Waals surface area contributed by atoms with Gasteiger partial charge in [0.1, 0.15) is 0 Å². The Balaban J connectivity index is 2.34. The van der Waals surface area contributed by atoms with E-state index in [2.05, 4.69) is 36.3 Å². The van der Waals surface area contributed by atoms with Crippen LogP contribution in [0.15, 0.2) is 24.3 Å². The number of thioether (sulfide) groups is 1. The lowest BCUT2D eigenvalue weighted by Gasteiger charge is -2.12. The number of hydrazine groups is 1. The van der Waals surface area contributed by atoms with Crippen LogP contribution in [0, 0.1) is 5.92 Å². The first-order valence-electron chi connectivity index (χ1n) is 6.95. The van der Waals surface area contributed by atoms with Gasteiger partial charge in [-0.25, -0.2) is 0 Å². The van der Waals surface area contributed by atoms with E-state index in [1.807, 2.05) is 24.3 Å². The van der Waals surface area contributed by atoms with E-state index in [0.29, 0.717) is 16.6 Å². The molecule has 0 aliphatic carbocycles. The lowest BCUT2D eigenvalue weighted by molar-refractivity contribution is 0.0943. The molecule has 0 atom stereocenters. The van der Waals surface area contributed by atoms with Crippen LogP contribution in [0.1, 0.15) is 36.2 Å². The molecule has 0 saturated heterocycles. The van der Waals surface area contributed by atoms with Gasteiger partial charge in [-0.3, -0.25) is 15.6 Å². The molecule has 0 bridgehead atoms. The number of amides is 1. The van der Waals surface area contributed by atoms with Crippen LogP contribution in [0.2, 0.25) is 0 Å². The van der Waals surface area contributed by atoms with E-state index >= 15 is 0 Å². The first-order valence-corrected chi connectivity index (χ1v) is 8.75. The van der Waals surface area contributed by atoms with Crippen molar-refractivity contribution in [1.29, 1.82) is 0 Å². The van der Waals surface area contributed by atoms with Gasteiger partial charge < -0.3 is 5.32 Å². The Kier molecular flexibility index (Phi) is 8.15. The van der Waals surface area contributed by atoms with Crippen molar-refractivity contribution in [2.24, 2.45) is 5.92 Å². The monoisotopic (exact) mass is 325 g/mol. The van der Waals surface area contributed by atoms with Crippen molar-refractivity contribution in [1.82, 2.24) is 16.2 Å². The molecule has 0 aliphatic rings. The smallest absolute Gasteiger partial charge is 0.269 e. The molecule has 1 rings (SSSR count). The van der Waals surface area contributed by atoms with Crippen molar-refractivity contribution in [3.05, 3.63) is 35.4 Å². The third kappa shape index (κ3) is 7.34. The summed E-state index contributed by atoms with van der Waals surface area (Å²) in [4.78, 5) is 11.9. The molecular weight excluding hydrogens is 302 g/mol. The molecular formula is C15H23N3OS2. The Morgan fingerprint density at radius 2 is 1.90 bits per heavy atom. The number of hydrogen-bond acceptors (Lipinski definition) is 3. The van der Waals surface area contributed by atoms with E-state index in [4.69, 9.17) is 12.2 Å². The first kappa shape index (κ1) is 17.8. The largest absolute Gasteiger partial charge is 0.361 e. The number of carbonyl (C=O) groups is 1. The highest BCUT2D eigenvalue weighted by Crippen LogP contribution is 2.10. The molecule has 0 aliphatic heterocycles. The molecule has 3 N–H and O–H groups in total. The van der Waals surface area contributed by atoms with Gasteiger partial charge in [-0.05, 0) is 48.5 Å². The van der Waals surface area contributed by atoms with Crippen LogP contribution in [0.4, 0.5) is 0 Å². The van der Waals surface area contributed by atoms with Gasteiger partial charge >= 0.3 is 0 Å². The Labute approximate surface area is 136 Å². The number of benzene rings is 1. The molecule has 0 aromatic heterocycles. The summed E-state index contributed by atoms with van der Waals surface area (Å²) in [5, 5.41) is 3.48. The van der Waals surface area contributed by atoms with Crippen molar-refractivity contribution < 1.29 is 4.79 Å². The van der Waals surface area contributed by atoms with Crippen LogP contribution in [-0.4, -0.2) is 23.8 Å². The lowest BCUT2D eigenvalue weighted by Crippen LogP contribution is -2.47. The van der Waals surface area contributed by atoms with E-state index in [0.717, 1.165) is 18.7 Å². The fourth-order valence-electron chi connectivity index (χ4n) is 1.62. The maximum Gasteiger partial charge on any atom is 0.269 e. The number of thiocarbonyl (C=S) groups is 1. The molecule has 0 heterocycles. The Bertz CT molecular complexity index is 460. The number of carbonyl (C=O) groups excluding carboxylic acids is 1. The molecule has 0 saturated carbocycles. The summed E-state index contributed by atoms with van der Waals surface area (Å²) in [6.45, 7) is 5.10. The van der Waals surface area contributed by atoms with Gasteiger partial charge in [-0.2, -0.15) is 11.8 Å². The minimum absolute atomic E-state index is 0.196. The fourth-order valence-corrected chi connectivity index (χ4v) is 2.30. The SMILES string of the molecule is CSCc1ccc(C(=O)NNC(=S)NCCC(C)C)cc1. The summed E-state index contributed by atoms with van der Waals surface area (Å²) in [7, 11) is 0. The Morgan fingerprint density at radius 3 is 2.48 bits per heavy atom. The number of rotatable bonds is 6. The molecule has 0 radical (unpaired) electrons.